The molecule has 0 aromatic heterocycles. The molecule has 0 atom stereocenters. The Labute approximate surface area is 106 Å². The number of halogens is 1. The predicted octanol–water partition coefficient (Wildman–Crippen LogP) is 2.20. The normalized spacial score (nSPS) is 15.9. The Bertz CT molecular complexity index is 433. The molecule has 1 fully saturated rings. The van der Waals surface area contributed by atoms with E-state index >= 15 is 0 Å². The quantitative estimate of drug-likeness (QED) is 0.663. The second-order valence-electron chi connectivity index (χ2n) is 4.38. The maximum absolute atomic E-state index is 10.8. The smallest absolute Gasteiger partial charge is 0.310 e. The summed E-state index contributed by atoms with van der Waals surface area (Å²) in [7, 11) is 0. The van der Waals surface area contributed by atoms with Crippen LogP contribution in [0.2, 0.25) is 0 Å². The lowest BCUT2D eigenvalue weighted by Crippen LogP contribution is -2.29. The van der Waals surface area contributed by atoms with Crippen LogP contribution in [0.4, 0.5) is 5.69 Å². The first-order valence-corrected chi connectivity index (χ1v) is 5.17. The number of hydrogen-bond acceptors (Lipinski definition) is 4. The number of nitrogens with two attached hydrogens (primary N) is 1. The Hall–Kier alpha value is -1.33. The maximum Gasteiger partial charge on any atom is 0.310 e. The number of aryl methyl sites for hydroxylation is 1. The van der Waals surface area contributed by atoms with Crippen LogP contribution in [-0.2, 0) is 0 Å². The molecule has 0 heterocycles. The minimum atomic E-state index is -0.440. The Morgan fingerprint density at radius 1 is 1.53 bits per heavy atom. The highest BCUT2D eigenvalue weighted by Crippen LogP contribution is 2.35. The van der Waals surface area contributed by atoms with E-state index in [1.54, 1.807) is 12.1 Å². The molecule has 6 heteroatoms. The summed E-state index contributed by atoms with van der Waals surface area (Å²) in [6.07, 6.45) is 1.85. The molecule has 0 unspecified atom stereocenters. The fourth-order valence-corrected chi connectivity index (χ4v) is 1.41. The maximum atomic E-state index is 10.8. The van der Waals surface area contributed by atoms with Gasteiger partial charge in [0.2, 0.25) is 0 Å². The first-order valence-electron chi connectivity index (χ1n) is 5.17. The molecule has 1 aliphatic rings. The molecule has 0 radical (unpaired) electrons. The molecular weight excluding hydrogens is 244 g/mol. The van der Waals surface area contributed by atoms with Gasteiger partial charge < -0.3 is 10.5 Å². The Morgan fingerprint density at radius 3 is 2.71 bits per heavy atom. The number of ether oxygens (including phenoxy) is 1. The molecule has 94 valence electrons. The van der Waals surface area contributed by atoms with Gasteiger partial charge in [0.1, 0.15) is 6.61 Å². The molecule has 17 heavy (non-hydrogen) atoms. The summed E-state index contributed by atoms with van der Waals surface area (Å²) in [6, 6.07) is 4.82. The van der Waals surface area contributed by atoms with Gasteiger partial charge in [-0.05, 0) is 31.4 Å². The average Bonchev–Trinajstić information content (AvgIpc) is 2.94. The molecular formula is C11H15ClN2O3. The van der Waals surface area contributed by atoms with Gasteiger partial charge in [-0.1, -0.05) is 6.07 Å². The number of nitro groups is 1. The van der Waals surface area contributed by atoms with Gasteiger partial charge in [-0.3, -0.25) is 10.1 Å². The van der Waals surface area contributed by atoms with Crippen molar-refractivity contribution < 1.29 is 9.66 Å². The van der Waals surface area contributed by atoms with Gasteiger partial charge in [-0.2, -0.15) is 0 Å². The van der Waals surface area contributed by atoms with Gasteiger partial charge in [0.05, 0.1) is 10.5 Å². The summed E-state index contributed by atoms with van der Waals surface area (Å²) in [5.74, 6) is 0.307. The van der Waals surface area contributed by atoms with Gasteiger partial charge in [0.25, 0.3) is 0 Å². The fourth-order valence-electron chi connectivity index (χ4n) is 1.41. The van der Waals surface area contributed by atoms with Gasteiger partial charge >= 0.3 is 5.69 Å². The van der Waals surface area contributed by atoms with Crippen LogP contribution in [0.3, 0.4) is 0 Å². The highest BCUT2D eigenvalue weighted by molar-refractivity contribution is 5.85. The summed E-state index contributed by atoms with van der Waals surface area (Å²) in [5.41, 5.74) is 6.53. The number of rotatable bonds is 4. The summed E-state index contributed by atoms with van der Waals surface area (Å²) < 4.78 is 5.44. The van der Waals surface area contributed by atoms with Gasteiger partial charge in [0.15, 0.2) is 5.75 Å². The Kier molecular flexibility index (Phi) is 3.95. The van der Waals surface area contributed by atoms with Crippen LogP contribution in [0.25, 0.3) is 0 Å². The SMILES string of the molecule is Cc1ccc([N+](=O)[O-])c(OCC2(N)CC2)c1.Cl. The van der Waals surface area contributed by atoms with Gasteiger partial charge in [-0.25, -0.2) is 0 Å². The van der Waals surface area contributed by atoms with Crippen molar-refractivity contribution in [3.05, 3.63) is 33.9 Å². The Balaban J connectivity index is 0.00000144. The minimum absolute atomic E-state index is 0. The lowest BCUT2D eigenvalue weighted by atomic mass is 10.2. The topological polar surface area (TPSA) is 78.4 Å². The van der Waals surface area contributed by atoms with Crippen LogP contribution in [0, 0.1) is 17.0 Å². The van der Waals surface area contributed by atoms with Crippen LogP contribution in [0.1, 0.15) is 18.4 Å². The second-order valence-corrected chi connectivity index (χ2v) is 4.38. The van der Waals surface area contributed by atoms with E-state index in [1.165, 1.54) is 6.07 Å². The molecule has 0 spiro atoms. The monoisotopic (exact) mass is 258 g/mol. The molecule has 5 nitrogen and oxygen atoms in total. The summed E-state index contributed by atoms with van der Waals surface area (Å²) in [5, 5.41) is 10.8. The van der Waals surface area contributed by atoms with E-state index < -0.39 is 4.92 Å². The van der Waals surface area contributed by atoms with Crippen molar-refractivity contribution in [3.63, 3.8) is 0 Å². The summed E-state index contributed by atoms with van der Waals surface area (Å²) in [6.45, 7) is 2.21. The third-order valence-corrected chi connectivity index (χ3v) is 2.72. The third kappa shape index (κ3) is 3.31. The zero-order chi connectivity index (χ0) is 11.8. The predicted molar refractivity (Wildman–Crippen MR) is 66.7 cm³/mol. The average molecular weight is 259 g/mol. The van der Waals surface area contributed by atoms with E-state index in [2.05, 4.69) is 0 Å². The summed E-state index contributed by atoms with van der Waals surface area (Å²) in [4.78, 5) is 10.3. The molecule has 1 aromatic carbocycles. The number of hydrogen-bond donors (Lipinski definition) is 1. The van der Waals surface area contributed by atoms with E-state index in [4.69, 9.17) is 10.5 Å². The van der Waals surface area contributed by atoms with E-state index in [0.717, 1.165) is 18.4 Å². The van der Waals surface area contributed by atoms with Crippen molar-refractivity contribution >= 4 is 18.1 Å². The highest BCUT2D eigenvalue weighted by atomic mass is 35.5. The first kappa shape index (κ1) is 13.7. The number of nitro benzene ring substituents is 1. The Morgan fingerprint density at radius 2 is 2.18 bits per heavy atom. The van der Waals surface area contributed by atoms with E-state index in [-0.39, 0.29) is 23.6 Å². The molecule has 1 saturated carbocycles. The van der Waals surface area contributed by atoms with Crippen molar-refractivity contribution in [1.29, 1.82) is 0 Å². The van der Waals surface area contributed by atoms with Crippen LogP contribution in [0.15, 0.2) is 18.2 Å². The van der Waals surface area contributed by atoms with Crippen LogP contribution >= 0.6 is 12.4 Å². The number of nitrogens with zero attached hydrogens (tertiary/aromatic N) is 1. The second kappa shape index (κ2) is 4.89. The standard InChI is InChI=1S/C11H14N2O3.ClH/c1-8-2-3-9(13(14)15)10(6-8)16-7-11(12)4-5-11;/h2-3,6H,4-5,7,12H2,1H3;1H. The fraction of sp³-hybridized carbons (Fsp3) is 0.455. The van der Waals surface area contributed by atoms with E-state index in [9.17, 15) is 10.1 Å². The lowest BCUT2D eigenvalue weighted by molar-refractivity contribution is -0.385. The van der Waals surface area contributed by atoms with Crippen molar-refractivity contribution in [3.8, 4) is 5.75 Å². The van der Waals surface area contributed by atoms with Crippen molar-refractivity contribution in [2.75, 3.05) is 6.61 Å². The van der Waals surface area contributed by atoms with Gasteiger partial charge in [-0.15, -0.1) is 12.4 Å². The molecule has 0 amide bonds. The van der Waals surface area contributed by atoms with Crippen molar-refractivity contribution in [2.24, 2.45) is 5.73 Å². The molecule has 2 N–H and O–H groups in total. The van der Waals surface area contributed by atoms with Crippen LogP contribution < -0.4 is 10.5 Å². The zero-order valence-electron chi connectivity index (χ0n) is 9.51. The van der Waals surface area contributed by atoms with E-state index in [1.807, 2.05) is 6.92 Å². The molecule has 2 rings (SSSR count). The van der Waals surface area contributed by atoms with Crippen LogP contribution in [0.5, 0.6) is 5.75 Å². The first-order chi connectivity index (χ1) is 7.50. The number of benzene rings is 1. The molecule has 1 aromatic rings. The zero-order valence-corrected chi connectivity index (χ0v) is 10.3. The van der Waals surface area contributed by atoms with Crippen molar-refractivity contribution in [1.82, 2.24) is 0 Å². The largest absolute Gasteiger partial charge is 0.485 e. The lowest BCUT2D eigenvalue weighted by Gasteiger charge is -2.11. The highest BCUT2D eigenvalue weighted by Gasteiger charge is 2.39. The summed E-state index contributed by atoms with van der Waals surface area (Å²) >= 11 is 0. The molecule has 1 aliphatic carbocycles. The minimum Gasteiger partial charge on any atom is -0.485 e. The molecule has 0 aliphatic heterocycles. The van der Waals surface area contributed by atoms with Crippen LogP contribution in [-0.4, -0.2) is 17.1 Å². The molecule has 0 bridgehead atoms. The van der Waals surface area contributed by atoms with Gasteiger partial charge in [0, 0.05) is 6.07 Å². The molecule has 0 saturated heterocycles. The van der Waals surface area contributed by atoms with Crippen molar-refractivity contribution in [2.45, 2.75) is 25.3 Å². The van der Waals surface area contributed by atoms with E-state index in [0.29, 0.717) is 12.4 Å². The third-order valence-electron chi connectivity index (χ3n) is 2.72.